The summed E-state index contributed by atoms with van der Waals surface area (Å²) in [5.74, 6) is 0.187. The molecule has 8 nitrogen and oxygen atoms in total. The van der Waals surface area contributed by atoms with Crippen molar-refractivity contribution in [2.24, 2.45) is 5.41 Å². The molecular formula is C30H26FN7O. The minimum absolute atomic E-state index is 0.0500. The largest absolute Gasteiger partial charge is 0.336 e. The molecule has 2 aromatic carbocycles. The summed E-state index contributed by atoms with van der Waals surface area (Å²) in [6.45, 7) is 6.08. The van der Waals surface area contributed by atoms with Crippen molar-refractivity contribution in [2.45, 2.75) is 27.2 Å². The van der Waals surface area contributed by atoms with E-state index in [-0.39, 0.29) is 17.1 Å². The number of amides is 1. The molecule has 0 fully saturated rings. The summed E-state index contributed by atoms with van der Waals surface area (Å²) in [4.78, 5) is 29.4. The molecule has 39 heavy (non-hydrogen) atoms. The molecule has 3 N–H and O–H groups in total. The van der Waals surface area contributed by atoms with Crippen molar-refractivity contribution >= 4 is 33.5 Å². The van der Waals surface area contributed by atoms with Gasteiger partial charge in [0.2, 0.25) is 5.91 Å². The van der Waals surface area contributed by atoms with Crippen molar-refractivity contribution in [3.8, 4) is 33.9 Å². The summed E-state index contributed by atoms with van der Waals surface area (Å²) in [6, 6.07) is 16.0. The number of pyridine rings is 2. The molecule has 0 aliphatic rings. The number of benzene rings is 2. The van der Waals surface area contributed by atoms with E-state index in [1.54, 1.807) is 24.7 Å². The summed E-state index contributed by atoms with van der Waals surface area (Å²) in [6.07, 6.45) is 5.49. The Kier molecular flexibility index (Phi) is 5.91. The Morgan fingerprint density at radius 1 is 0.949 bits per heavy atom. The van der Waals surface area contributed by atoms with E-state index in [1.165, 1.54) is 12.1 Å². The summed E-state index contributed by atoms with van der Waals surface area (Å²) >= 11 is 0. The van der Waals surface area contributed by atoms with E-state index in [1.807, 2.05) is 57.2 Å². The van der Waals surface area contributed by atoms with Crippen LogP contribution in [0.25, 0.3) is 55.8 Å². The number of anilines is 1. The number of nitrogens with one attached hydrogen (secondary N) is 3. The van der Waals surface area contributed by atoms with Gasteiger partial charge in [-0.15, -0.1) is 0 Å². The van der Waals surface area contributed by atoms with E-state index < -0.39 is 0 Å². The van der Waals surface area contributed by atoms with Gasteiger partial charge in [0.05, 0.1) is 28.6 Å². The second kappa shape index (κ2) is 9.43. The normalized spacial score (nSPS) is 11.8. The van der Waals surface area contributed by atoms with Crippen molar-refractivity contribution in [3.05, 3.63) is 79.0 Å². The highest BCUT2D eigenvalue weighted by Gasteiger charge is 2.18. The number of fused-ring (bicyclic) bond motifs is 2. The number of hydrogen-bond donors (Lipinski definition) is 3. The molecule has 0 aliphatic carbocycles. The Hall–Kier alpha value is -4.92. The van der Waals surface area contributed by atoms with E-state index in [0.717, 1.165) is 27.5 Å². The maximum atomic E-state index is 13.9. The van der Waals surface area contributed by atoms with Gasteiger partial charge in [0.15, 0.2) is 5.82 Å². The first-order chi connectivity index (χ1) is 18.7. The molecule has 4 heterocycles. The van der Waals surface area contributed by atoms with Gasteiger partial charge in [-0.25, -0.2) is 9.37 Å². The van der Waals surface area contributed by atoms with Gasteiger partial charge in [-0.1, -0.05) is 39.0 Å². The standard InChI is InChI=1S/C30H26FN7O/c1-30(2,3)14-25(39)34-21-12-19(15-32-16-21)17-7-8-23-22(13-17)27(38-37-23)29-35-24-9-10-33-26(28(24)36-29)18-5-4-6-20(31)11-18/h4-13,15-16H,14H2,1-3H3,(H,34,39)(H,35,36)(H,37,38). The molecule has 0 saturated carbocycles. The highest BCUT2D eigenvalue weighted by molar-refractivity contribution is 5.98. The SMILES string of the molecule is CC(C)(C)CC(=O)Nc1cncc(-c2ccc3[nH]nc(-c4nc5c(-c6cccc(F)c6)nccc5[nH]4)c3c2)c1. The fraction of sp³-hybridized carbons (Fsp3) is 0.167. The van der Waals surface area contributed by atoms with Crippen LogP contribution in [-0.2, 0) is 4.79 Å². The van der Waals surface area contributed by atoms with Crippen LogP contribution in [0.4, 0.5) is 10.1 Å². The zero-order chi connectivity index (χ0) is 27.1. The first-order valence-electron chi connectivity index (χ1n) is 12.6. The number of imidazole rings is 1. The van der Waals surface area contributed by atoms with E-state index in [4.69, 9.17) is 4.98 Å². The molecule has 4 aromatic heterocycles. The van der Waals surface area contributed by atoms with E-state index in [9.17, 15) is 9.18 Å². The Labute approximate surface area is 223 Å². The van der Waals surface area contributed by atoms with Gasteiger partial charge in [-0.3, -0.25) is 19.9 Å². The second-order valence-electron chi connectivity index (χ2n) is 10.7. The molecule has 0 spiro atoms. The third-order valence-corrected chi connectivity index (χ3v) is 6.33. The molecule has 0 saturated heterocycles. The summed E-state index contributed by atoms with van der Waals surface area (Å²) in [5.41, 5.74) is 6.45. The molecule has 1 amide bonds. The van der Waals surface area contributed by atoms with Crippen molar-refractivity contribution < 1.29 is 9.18 Å². The first kappa shape index (κ1) is 24.4. The average Bonchev–Trinajstić information content (AvgIpc) is 3.51. The zero-order valence-electron chi connectivity index (χ0n) is 21.7. The maximum Gasteiger partial charge on any atom is 0.224 e. The van der Waals surface area contributed by atoms with Crippen LogP contribution < -0.4 is 5.32 Å². The lowest BCUT2D eigenvalue weighted by molar-refractivity contribution is -0.117. The summed E-state index contributed by atoms with van der Waals surface area (Å²) in [5, 5.41) is 11.4. The smallest absolute Gasteiger partial charge is 0.224 e. The van der Waals surface area contributed by atoms with Crippen LogP contribution in [0.3, 0.4) is 0 Å². The van der Waals surface area contributed by atoms with E-state index in [2.05, 4.69) is 30.5 Å². The lowest BCUT2D eigenvalue weighted by Crippen LogP contribution is -2.19. The lowest BCUT2D eigenvalue weighted by Gasteiger charge is -2.17. The average molecular weight is 520 g/mol. The van der Waals surface area contributed by atoms with E-state index >= 15 is 0 Å². The van der Waals surface area contributed by atoms with Gasteiger partial charge < -0.3 is 10.3 Å². The maximum absolute atomic E-state index is 13.9. The lowest BCUT2D eigenvalue weighted by atomic mass is 9.92. The number of aromatic nitrogens is 6. The highest BCUT2D eigenvalue weighted by atomic mass is 19.1. The predicted molar refractivity (Wildman–Crippen MR) is 150 cm³/mol. The molecule has 0 radical (unpaired) electrons. The third-order valence-electron chi connectivity index (χ3n) is 6.33. The van der Waals surface area contributed by atoms with Gasteiger partial charge in [0, 0.05) is 35.3 Å². The molecule has 0 unspecified atom stereocenters. The molecular weight excluding hydrogens is 493 g/mol. The van der Waals surface area contributed by atoms with E-state index in [0.29, 0.717) is 40.4 Å². The zero-order valence-corrected chi connectivity index (χ0v) is 21.7. The van der Waals surface area contributed by atoms with Gasteiger partial charge >= 0.3 is 0 Å². The van der Waals surface area contributed by atoms with Crippen LogP contribution in [-0.4, -0.2) is 36.0 Å². The van der Waals surface area contributed by atoms with Crippen molar-refractivity contribution in [3.63, 3.8) is 0 Å². The van der Waals surface area contributed by atoms with Gasteiger partial charge in [-0.2, -0.15) is 5.10 Å². The number of rotatable bonds is 5. The van der Waals surface area contributed by atoms with Crippen molar-refractivity contribution in [1.29, 1.82) is 0 Å². The molecule has 0 atom stereocenters. The topological polar surface area (TPSA) is 112 Å². The number of aromatic amines is 2. The van der Waals surface area contributed by atoms with Crippen LogP contribution in [0.2, 0.25) is 0 Å². The molecule has 194 valence electrons. The predicted octanol–water partition coefficient (Wildman–Crippen LogP) is 6.74. The Bertz CT molecular complexity index is 1850. The number of carbonyl (C=O) groups excluding carboxylic acids is 1. The fourth-order valence-electron chi connectivity index (χ4n) is 4.62. The summed E-state index contributed by atoms with van der Waals surface area (Å²) < 4.78 is 13.9. The first-order valence-corrected chi connectivity index (χ1v) is 12.6. The highest BCUT2D eigenvalue weighted by Crippen LogP contribution is 2.33. The van der Waals surface area contributed by atoms with Crippen LogP contribution in [0, 0.1) is 11.2 Å². The number of halogens is 1. The number of hydrogen-bond acceptors (Lipinski definition) is 5. The fourth-order valence-corrected chi connectivity index (χ4v) is 4.62. The molecule has 0 bridgehead atoms. The third kappa shape index (κ3) is 4.98. The van der Waals surface area contributed by atoms with Gasteiger partial charge in [0.1, 0.15) is 17.0 Å². The Morgan fingerprint density at radius 2 is 1.82 bits per heavy atom. The minimum Gasteiger partial charge on any atom is -0.336 e. The van der Waals surface area contributed by atoms with Crippen LogP contribution >= 0.6 is 0 Å². The minimum atomic E-state index is -0.333. The van der Waals surface area contributed by atoms with Crippen LogP contribution in [0.15, 0.2) is 73.2 Å². The summed E-state index contributed by atoms with van der Waals surface area (Å²) in [7, 11) is 0. The van der Waals surface area contributed by atoms with Gasteiger partial charge in [0.25, 0.3) is 0 Å². The van der Waals surface area contributed by atoms with Gasteiger partial charge in [-0.05, 0) is 47.4 Å². The second-order valence-corrected chi connectivity index (χ2v) is 10.7. The number of H-pyrrole nitrogens is 2. The monoisotopic (exact) mass is 519 g/mol. The van der Waals surface area contributed by atoms with Crippen LogP contribution in [0.5, 0.6) is 0 Å². The Morgan fingerprint density at radius 3 is 2.64 bits per heavy atom. The van der Waals surface area contributed by atoms with Crippen LogP contribution in [0.1, 0.15) is 27.2 Å². The van der Waals surface area contributed by atoms with Crippen molar-refractivity contribution in [1.82, 2.24) is 30.1 Å². The molecule has 6 aromatic rings. The Balaban J connectivity index is 1.37. The van der Waals surface area contributed by atoms with Crippen molar-refractivity contribution in [2.75, 3.05) is 5.32 Å². The molecule has 6 rings (SSSR count). The quantitative estimate of drug-likeness (QED) is 0.233. The molecule has 0 aliphatic heterocycles. The number of nitrogens with zero attached hydrogens (tertiary/aromatic N) is 4. The molecule has 9 heteroatoms. The number of carbonyl (C=O) groups is 1.